The van der Waals surface area contributed by atoms with Gasteiger partial charge in [-0.3, -0.25) is 0 Å². The van der Waals surface area contributed by atoms with Crippen molar-refractivity contribution in [3.63, 3.8) is 0 Å². The van der Waals surface area contributed by atoms with Gasteiger partial charge in [0.05, 0.1) is 0 Å². The van der Waals surface area contributed by atoms with Crippen molar-refractivity contribution in [3.05, 3.63) is 0 Å². The van der Waals surface area contributed by atoms with Crippen molar-refractivity contribution in [2.75, 3.05) is 26.2 Å². The molecule has 2 atom stereocenters. The van der Waals surface area contributed by atoms with E-state index in [1.165, 1.54) is 0 Å². The highest BCUT2D eigenvalue weighted by Gasteiger charge is 2.33. The van der Waals surface area contributed by atoms with Crippen LogP contribution >= 0.6 is 0 Å². The predicted molar refractivity (Wildman–Crippen MR) is 92.7 cm³/mol. The van der Waals surface area contributed by atoms with Crippen LogP contribution in [0.15, 0.2) is 0 Å². The molecule has 1 fully saturated rings. The number of likely N-dealkylation sites (tertiary alicyclic amines) is 1. The minimum atomic E-state index is -0.535. The molecule has 1 aliphatic rings. The maximum atomic E-state index is 12.2. The van der Waals surface area contributed by atoms with E-state index in [-0.39, 0.29) is 17.9 Å². The standard InChI is InChI=1S/C17H33N3O4/c1-16(2,3)23-14(21)19-10-13-11-20(8-7-12(13)9-18)15(22)24-17(4,5)6/h12-13H,7-11,18H2,1-6H3,(H,19,21). The summed E-state index contributed by atoms with van der Waals surface area (Å²) in [5.41, 5.74) is 4.79. The molecule has 0 radical (unpaired) electrons. The van der Waals surface area contributed by atoms with E-state index in [0.29, 0.717) is 26.2 Å². The van der Waals surface area contributed by atoms with Gasteiger partial charge in [-0.1, -0.05) is 0 Å². The van der Waals surface area contributed by atoms with Crippen LogP contribution in [-0.2, 0) is 9.47 Å². The van der Waals surface area contributed by atoms with E-state index in [9.17, 15) is 9.59 Å². The van der Waals surface area contributed by atoms with E-state index >= 15 is 0 Å². The zero-order valence-corrected chi connectivity index (χ0v) is 15.8. The maximum absolute atomic E-state index is 12.2. The third-order valence-electron chi connectivity index (χ3n) is 3.75. The van der Waals surface area contributed by atoms with Gasteiger partial charge in [0, 0.05) is 19.6 Å². The van der Waals surface area contributed by atoms with Crippen LogP contribution in [0.25, 0.3) is 0 Å². The van der Waals surface area contributed by atoms with E-state index in [1.807, 2.05) is 41.5 Å². The van der Waals surface area contributed by atoms with Gasteiger partial charge in [-0.05, 0) is 66.3 Å². The third kappa shape index (κ3) is 7.38. The monoisotopic (exact) mass is 343 g/mol. The lowest BCUT2D eigenvalue weighted by Crippen LogP contribution is -2.50. The zero-order chi connectivity index (χ0) is 18.5. The van der Waals surface area contributed by atoms with Crippen molar-refractivity contribution in [2.45, 2.75) is 59.2 Å². The number of hydrogen-bond acceptors (Lipinski definition) is 5. The summed E-state index contributed by atoms with van der Waals surface area (Å²) in [6.07, 6.45) is 0.0315. The molecule has 7 heteroatoms. The summed E-state index contributed by atoms with van der Waals surface area (Å²) in [6.45, 7) is 13.1. The van der Waals surface area contributed by atoms with E-state index in [4.69, 9.17) is 15.2 Å². The topological polar surface area (TPSA) is 93.9 Å². The Morgan fingerprint density at radius 1 is 1.08 bits per heavy atom. The van der Waals surface area contributed by atoms with Crippen molar-refractivity contribution in [1.82, 2.24) is 10.2 Å². The molecule has 2 amide bonds. The van der Waals surface area contributed by atoms with E-state index in [0.717, 1.165) is 6.42 Å². The normalized spacial score (nSPS) is 22.0. The van der Waals surface area contributed by atoms with Crippen molar-refractivity contribution in [2.24, 2.45) is 17.6 Å². The molecular formula is C17H33N3O4. The highest BCUT2D eigenvalue weighted by molar-refractivity contribution is 5.68. The first kappa shape index (κ1) is 20.5. The van der Waals surface area contributed by atoms with Gasteiger partial charge in [0.1, 0.15) is 11.2 Å². The molecule has 0 aliphatic carbocycles. The second-order valence-corrected chi connectivity index (χ2v) is 8.35. The summed E-state index contributed by atoms with van der Waals surface area (Å²) in [7, 11) is 0. The molecule has 1 aliphatic heterocycles. The lowest BCUT2D eigenvalue weighted by Gasteiger charge is -2.38. The van der Waals surface area contributed by atoms with Gasteiger partial charge in [0.15, 0.2) is 0 Å². The van der Waals surface area contributed by atoms with Crippen molar-refractivity contribution < 1.29 is 19.1 Å². The minimum absolute atomic E-state index is 0.0868. The van der Waals surface area contributed by atoms with Gasteiger partial charge < -0.3 is 25.4 Å². The fourth-order valence-electron chi connectivity index (χ4n) is 2.64. The van der Waals surface area contributed by atoms with E-state index in [1.54, 1.807) is 4.90 Å². The summed E-state index contributed by atoms with van der Waals surface area (Å²) >= 11 is 0. The molecule has 2 unspecified atom stereocenters. The number of hydrogen-bond donors (Lipinski definition) is 2. The molecule has 1 saturated heterocycles. The second kappa shape index (κ2) is 8.05. The number of carbonyl (C=O) groups excluding carboxylic acids is 2. The Morgan fingerprint density at radius 2 is 1.67 bits per heavy atom. The smallest absolute Gasteiger partial charge is 0.410 e. The van der Waals surface area contributed by atoms with Crippen molar-refractivity contribution in [1.29, 1.82) is 0 Å². The summed E-state index contributed by atoms with van der Waals surface area (Å²) in [4.78, 5) is 25.8. The average molecular weight is 343 g/mol. The number of nitrogens with one attached hydrogen (secondary N) is 1. The number of alkyl carbamates (subject to hydrolysis) is 1. The first-order valence-electron chi connectivity index (χ1n) is 8.56. The molecule has 1 heterocycles. The molecule has 0 aromatic heterocycles. The molecular weight excluding hydrogens is 310 g/mol. The van der Waals surface area contributed by atoms with Crippen LogP contribution in [-0.4, -0.2) is 54.5 Å². The number of nitrogens with two attached hydrogens (primary N) is 1. The largest absolute Gasteiger partial charge is 0.444 e. The quantitative estimate of drug-likeness (QED) is 0.820. The van der Waals surface area contributed by atoms with E-state index in [2.05, 4.69) is 5.32 Å². The number of amides is 2. The summed E-state index contributed by atoms with van der Waals surface area (Å²) in [5.74, 6) is 0.349. The molecule has 24 heavy (non-hydrogen) atoms. The Kier molecular flexibility index (Phi) is 6.89. The van der Waals surface area contributed by atoms with Crippen LogP contribution in [0.3, 0.4) is 0 Å². The molecule has 140 valence electrons. The van der Waals surface area contributed by atoms with Crippen LogP contribution in [0.1, 0.15) is 48.0 Å². The first-order chi connectivity index (χ1) is 10.9. The SMILES string of the molecule is CC(C)(C)OC(=O)NCC1CN(C(=O)OC(C)(C)C)CCC1CN. The highest BCUT2D eigenvalue weighted by atomic mass is 16.6. The number of carbonyl (C=O) groups is 2. The Labute approximate surface area is 145 Å². The molecule has 0 aromatic carbocycles. The first-order valence-corrected chi connectivity index (χ1v) is 8.56. The zero-order valence-electron chi connectivity index (χ0n) is 15.8. The van der Waals surface area contributed by atoms with Gasteiger partial charge >= 0.3 is 12.2 Å². The molecule has 0 aromatic rings. The van der Waals surface area contributed by atoms with Gasteiger partial charge in [-0.15, -0.1) is 0 Å². The summed E-state index contributed by atoms with van der Waals surface area (Å²) < 4.78 is 10.7. The van der Waals surface area contributed by atoms with Gasteiger partial charge in [0.25, 0.3) is 0 Å². The molecule has 0 bridgehead atoms. The minimum Gasteiger partial charge on any atom is -0.444 e. The number of ether oxygens (including phenoxy) is 2. The number of rotatable bonds is 3. The predicted octanol–water partition coefficient (Wildman–Crippen LogP) is 2.34. The highest BCUT2D eigenvalue weighted by Crippen LogP contribution is 2.24. The van der Waals surface area contributed by atoms with Crippen molar-refractivity contribution >= 4 is 12.2 Å². The molecule has 7 nitrogen and oxygen atoms in total. The Balaban J connectivity index is 2.59. The van der Waals surface area contributed by atoms with Gasteiger partial charge in [0.2, 0.25) is 0 Å². The molecule has 0 saturated carbocycles. The fourth-order valence-corrected chi connectivity index (χ4v) is 2.64. The number of nitrogens with zero attached hydrogens (tertiary/aromatic N) is 1. The Bertz CT molecular complexity index is 440. The van der Waals surface area contributed by atoms with Crippen LogP contribution in [0.5, 0.6) is 0 Å². The second-order valence-electron chi connectivity index (χ2n) is 8.35. The lowest BCUT2D eigenvalue weighted by molar-refractivity contribution is 0.0103. The summed E-state index contributed by atoms with van der Waals surface area (Å²) in [6, 6.07) is 0. The van der Waals surface area contributed by atoms with Crippen LogP contribution in [0.4, 0.5) is 9.59 Å². The maximum Gasteiger partial charge on any atom is 0.410 e. The molecule has 1 rings (SSSR count). The Hall–Kier alpha value is -1.50. The van der Waals surface area contributed by atoms with Crippen LogP contribution in [0.2, 0.25) is 0 Å². The van der Waals surface area contributed by atoms with E-state index < -0.39 is 17.3 Å². The average Bonchev–Trinajstić information content (AvgIpc) is 2.41. The fraction of sp³-hybridized carbons (Fsp3) is 0.882. The van der Waals surface area contributed by atoms with Gasteiger partial charge in [-0.2, -0.15) is 0 Å². The molecule has 0 spiro atoms. The van der Waals surface area contributed by atoms with Crippen LogP contribution in [0, 0.1) is 11.8 Å². The third-order valence-corrected chi connectivity index (χ3v) is 3.75. The molecule has 3 N–H and O–H groups in total. The summed E-state index contributed by atoms with van der Waals surface area (Å²) in [5, 5.41) is 2.79. The van der Waals surface area contributed by atoms with Gasteiger partial charge in [-0.25, -0.2) is 9.59 Å². The Morgan fingerprint density at radius 3 is 2.17 bits per heavy atom. The van der Waals surface area contributed by atoms with Crippen LogP contribution < -0.4 is 11.1 Å². The number of piperidine rings is 1. The van der Waals surface area contributed by atoms with Crippen molar-refractivity contribution in [3.8, 4) is 0 Å². The lowest BCUT2D eigenvalue weighted by atomic mass is 9.85.